The number of hydrogen-bond donors (Lipinski definition) is 2. The highest BCUT2D eigenvalue weighted by atomic mass is 16.1. The Labute approximate surface area is 158 Å². The van der Waals surface area contributed by atoms with Crippen molar-refractivity contribution in [2.24, 2.45) is 0 Å². The van der Waals surface area contributed by atoms with Gasteiger partial charge in [0, 0.05) is 29.5 Å². The number of nitrogens with one attached hydrogen (secondary N) is 2. The van der Waals surface area contributed by atoms with Crippen LogP contribution in [0.15, 0.2) is 85.3 Å². The third-order valence-corrected chi connectivity index (χ3v) is 5.08. The molecule has 1 amide bonds. The highest BCUT2D eigenvalue weighted by Gasteiger charge is 2.34. The van der Waals surface area contributed by atoms with Crippen LogP contribution in [0.2, 0.25) is 0 Å². The van der Waals surface area contributed by atoms with E-state index >= 15 is 0 Å². The number of nitrogens with zero attached hydrogens (tertiary/aromatic N) is 1. The zero-order valence-electron chi connectivity index (χ0n) is 15.1. The number of carbonyl (C=O) groups excluding carboxylic acids is 1. The molecule has 4 nitrogen and oxygen atoms in total. The molecule has 0 bridgehead atoms. The van der Waals surface area contributed by atoms with Gasteiger partial charge in [-0.05, 0) is 47.9 Å². The largest absolute Gasteiger partial charge is 0.367 e. The zero-order valence-corrected chi connectivity index (χ0v) is 15.1. The number of hydrogen-bond acceptors (Lipinski definition) is 2. The van der Waals surface area contributed by atoms with Crippen molar-refractivity contribution >= 4 is 16.8 Å². The Morgan fingerprint density at radius 2 is 1.89 bits per heavy atom. The monoisotopic (exact) mass is 355 g/mol. The van der Waals surface area contributed by atoms with Crippen molar-refractivity contribution in [2.75, 3.05) is 0 Å². The first-order valence-electron chi connectivity index (χ1n) is 9.09. The minimum absolute atomic E-state index is 0.104. The number of H-pyrrole nitrogens is 1. The highest BCUT2D eigenvalue weighted by molar-refractivity contribution is 5.98. The summed E-state index contributed by atoms with van der Waals surface area (Å²) in [7, 11) is 0. The number of benzene rings is 2. The summed E-state index contributed by atoms with van der Waals surface area (Å²) < 4.78 is 0. The van der Waals surface area contributed by atoms with Gasteiger partial charge >= 0.3 is 0 Å². The average molecular weight is 355 g/mol. The van der Waals surface area contributed by atoms with E-state index in [4.69, 9.17) is 0 Å². The molecule has 27 heavy (non-hydrogen) atoms. The fourth-order valence-electron chi connectivity index (χ4n) is 3.60. The molecule has 0 spiro atoms. The summed E-state index contributed by atoms with van der Waals surface area (Å²) in [5, 5.41) is 4.25. The quantitative estimate of drug-likeness (QED) is 0.548. The van der Waals surface area contributed by atoms with E-state index in [1.165, 1.54) is 0 Å². The smallest absolute Gasteiger partial charge is 0.252 e. The summed E-state index contributed by atoms with van der Waals surface area (Å²) >= 11 is 0. The second-order valence-electron chi connectivity index (χ2n) is 6.59. The topological polar surface area (TPSA) is 57.8 Å². The molecule has 4 rings (SSSR count). The first-order valence-corrected chi connectivity index (χ1v) is 9.09. The number of aromatic amines is 1. The van der Waals surface area contributed by atoms with E-state index in [1.807, 2.05) is 67.0 Å². The normalized spacial score (nSPS) is 13.2. The second-order valence-corrected chi connectivity index (χ2v) is 6.59. The van der Waals surface area contributed by atoms with E-state index in [-0.39, 0.29) is 5.91 Å². The van der Waals surface area contributed by atoms with Crippen LogP contribution in [-0.4, -0.2) is 15.9 Å². The lowest BCUT2D eigenvalue weighted by molar-refractivity contribution is 0.0911. The maximum absolute atomic E-state index is 13.2. The fourth-order valence-corrected chi connectivity index (χ4v) is 3.60. The fraction of sp³-hybridized carbons (Fsp3) is 0.130. The number of carbonyl (C=O) groups is 1. The van der Waals surface area contributed by atoms with Gasteiger partial charge in [-0.15, -0.1) is 0 Å². The van der Waals surface area contributed by atoms with Crippen LogP contribution in [0.4, 0.5) is 0 Å². The Kier molecular flexibility index (Phi) is 4.47. The molecule has 0 fully saturated rings. The van der Waals surface area contributed by atoms with E-state index in [0.717, 1.165) is 28.5 Å². The zero-order chi connectivity index (χ0) is 18.7. The van der Waals surface area contributed by atoms with Gasteiger partial charge in [-0.3, -0.25) is 9.78 Å². The maximum atomic E-state index is 13.2. The number of fused-ring (bicyclic) bond motifs is 1. The molecule has 4 heteroatoms. The van der Waals surface area contributed by atoms with Crippen molar-refractivity contribution in [3.05, 3.63) is 102 Å². The van der Waals surface area contributed by atoms with Crippen molar-refractivity contribution in [2.45, 2.75) is 18.9 Å². The Morgan fingerprint density at radius 3 is 2.63 bits per heavy atom. The molecule has 0 aliphatic carbocycles. The molecule has 4 aromatic rings. The van der Waals surface area contributed by atoms with Gasteiger partial charge < -0.3 is 10.3 Å². The lowest BCUT2D eigenvalue weighted by atomic mass is 9.81. The molecule has 0 saturated carbocycles. The molecular weight excluding hydrogens is 334 g/mol. The van der Waals surface area contributed by atoms with E-state index in [1.54, 1.807) is 6.20 Å². The summed E-state index contributed by atoms with van der Waals surface area (Å²) in [5.74, 6) is -0.104. The molecule has 2 N–H and O–H groups in total. The van der Waals surface area contributed by atoms with Crippen LogP contribution >= 0.6 is 0 Å². The maximum Gasteiger partial charge on any atom is 0.252 e. The second kappa shape index (κ2) is 7.08. The third kappa shape index (κ3) is 3.10. The number of amides is 1. The van der Waals surface area contributed by atoms with Gasteiger partial charge in [0.05, 0.1) is 11.1 Å². The molecule has 2 aromatic heterocycles. The van der Waals surface area contributed by atoms with E-state index in [2.05, 4.69) is 34.3 Å². The molecular formula is C23H21N3O. The van der Waals surface area contributed by atoms with E-state index in [9.17, 15) is 4.79 Å². The minimum Gasteiger partial charge on any atom is -0.367 e. The van der Waals surface area contributed by atoms with Crippen LogP contribution in [0.3, 0.4) is 0 Å². The van der Waals surface area contributed by atoms with Crippen molar-refractivity contribution in [1.82, 2.24) is 15.3 Å². The van der Waals surface area contributed by atoms with Crippen molar-refractivity contribution in [1.29, 1.82) is 0 Å². The van der Waals surface area contributed by atoms with Crippen LogP contribution < -0.4 is 5.32 Å². The summed E-state index contributed by atoms with van der Waals surface area (Å²) in [6.07, 6.45) is 6.32. The van der Waals surface area contributed by atoms with Crippen molar-refractivity contribution < 1.29 is 4.79 Å². The van der Waals surface area contributed by atoms with Gasteiger partial charge in [-0.2, -0.15) is 0 Å². The van der Waals surface area contributed by atoms with Crippen LogP contribution in [0.1, 0.15) is 34.8 Å². The highest BCUT2D eigenvalue weighted by Crippen LogP contribution is 2.33. The van der Waals surface area contributed by atoms with Crippen molar-refractivity contribution in [3.63, 3.8) is 0 Å². The molecule has 0 radical (unpaired) electrons. The molecule has 1 unspecified atom stereocenters. The molecule has 1 atom stereocenters. The molecule has 2 aromatic carbocycles. The van der Waals surface area contributed by atoms with Crippen LogP contribution in [0.5, 0.6) is 0 Å². The standard InChI is InChI=1S/C23H21N3O/c1-2-23(20-12-14-24-16-20,19-8-4-3-5-9-19)26-22(27)18-10-11-21-17(15-18)7-6-13-25-21/h3-16,24H,2H2,1H3,(H,26,27). The molecule has 2 heterocycles. The minimum atomic E-state index is -0.595. The predicted octanol–water partition coefficient (Wildman–Crippen LogP) is 4.65. The van der Waals surface area contributed by atoms with Gasteiger partial charge in [0.2, 0.25) is 0 Å². The predicted molar refractivity (Wildman–Crippen MR) is 108 cm³/mol. The summed E-state index contributed by atoms with van der Waals surface area (Å²) in [4.78, 5) is 20.6. The Hall–Kier alpha value is -3.40. The van der Waals surface area contributed by atoms with E-state index < -0.39 is 5.54 Å². The molecule has 0 aliphatic heterocycles. The Balaban J connectivity index is 1.76. The van der Waals surface area contributed by atoms with Crippen LogP contribution in [0.25, 0.3) is 10.9 Å². The van der Waals surface area contributed by atoms with Gasteiger partial charge in [0.25, 0.3) is 5.91 Å². The molecule has 0 saturated heterocycles. The summed E-state index contributed by atoms with van der Waals surface area (Å²) in [5.41, 5.74) is 3.00. The van der Waals surface area contributed by atoms with Crippen molar-refractivity contribution in [3.8, 4) is 0 Å². The van der Waals surface area contributed by atoms with Gasteiger partial charge in [0.1, 0.15) is 0 Å². The lowest BCUT2D eigenvalue weighted by Gasteiger charge is -2.34. The number of rotatable bonds is 5. The lowest BCUT2D eigenvalue weighted by Crippen LogP contribution is -2.46. The number of pyridine rings is 1. The third-order valence-electron chi connectivity index (χ3n) is 5.08. The van der Waals surface area contributed by atoms with Gasteiger partial charge in [-0.1, -0.05) is 43.3 Å². The number of aromatic nitrogens is 2. The average Bonchev–Trinajstić information content (AvgIpc) is 3.27. The van der Waals surface area contributed by atoms with Gasteiger partial charge in [-0.25, -0.2) is 0 Å². The molecule has 134 valence electrons. The van der Waals surface area contributed by atoms with E-state index in [0.29, 0.717) is 5.56 Å². The molecule has 0 aliphatic rings. The summed E-state index contributed by atoms with van der Waals surface area (Å²) in [6, 6.07) is 21.6. The van der Waals surface area contributed by atoms with Gasteiger partial charge in [0.15, 0.2) is 0 Å². The Bertz CT molecular complexity index is 1060. The first-order chi connectivity index (χ1) is 13.2. The summed E-state index contributed by atoms with van der Waals surface area (Å²) in [6.45, 7) is 2.09. The van der Waals surface area contributed by atoms with Crippen LogP contribution in [-0.2, 0) is 5.54 Å². The SMILES string of the molecule is CCC(NC(=O)c1ccc2ncccc2c1)(c1ccccc1)c1cc[nH]c1. The Morgan fingerprint density at radius 1 is 1.04 bits per heavy atom. The van der Waals surface area contributed by atoms with Crippen LogP contribution in [0, 0.1) is 0 Å². The first kappa shape index (κ1) is 17.0.